The van der Waals surface area contributed by atoms with E-state index in [9.17, 15) is 4.79 Å². The van der Waals surface area contributed by atoms with Crippen molar-refractivity contribution in [1.82, 2.24) is 14.8 Å². The highest BCUT2D eigenvalue weighted by molar-refractivity contribution is 7.99. The second kappa shape index (κ2) is 7.41. The van der Waals surface area contributed by atoms with E-state index in [4.69, 9.17) is 0 Å². The largest absolute Gasteiger partial charge is 0.325 e. The van der Waals surface area contributed by atoms with Gasteiger partial charge in [-0.3, -0.25) is 4.79 Å². The summed E-state index contributed by atoms with van der Waals surface area (Å²) in [4.78, 5) is 16.5. The summed E-state index contributed by atoms with van der Waals surface area (Å²) in [6.07, 6.45) is 1.65. The predicted octanol–water partition coefficient (Wildman–Crippen LogP) is 4.15. The Balaban J connectivity index is 1.37. The van der Waals surface area contributed by atoms with Gasteiger partial charge < -0.3 is 5.32 Å². The Morgan fingerprint density at radius 1 is 0.962 bits per heavy atom. The summed E-state index contributed by atoms with van der Waals surface area (Å²) in [5.41, 5.74) is 1.73. The van der Waals surface area contributed by atoms with Crippen molar-refractivity contribution in [3.63, 3.8) is 0 Å². The SMILES string of the molecule is O=C(CSc1ncn(-c2ccccc2)n1)Nc1ccc2ccccc2c1. The van der Waals surface area contributed by atoms with E-state index in [1.54, 1.807) is 11.0 Å². The first kappa shape index (κ1) is 16.4. The zero-order valence-corrected chi connectivity index (χ0v) is 14.7. The number of anilines is 1. The molecule has 0 spiro atoms. The van der Waals surface area contributed by atoms with E-state index in [1.807, 2.05) is 72.8 Å². The zero-order chi connectivity index (χ0) is 17.8. The average Bonchev–Trinajstić information content (AvgIpc) is 3.16. The molecule has 1 amide bonds. The van der Waals surface area contributed by atoms with E-state index in [0.29, 0.717) is 5.16 Å². The maximum atomic E-state index is 12.2. The predicted molar refractivity (Wildman–Crippen MR) is 105 cm³/mol. The third-order valence-corrected chi connectivity index (χ3v) is 4.71. The lowest BCUT2D eigenvalue weighted by molar-refractivity contribution is -0.113. The number of nitrogens with one attached hydrogen (secondary N) is 1. The second-order valence-corrected chi connectivity index (χ2v) is 6.65. The zero-order valence-electron chi connectivity index (χ0n) is 13.9. The Morgan fingerprint density at radius 2 is 1.73 bits per heavy atom. The molecule has 3 aromatic carbocycles. The molecular weight excluding hydrogens is 344 g/mol. The molecule has 0 fully saturated rings. The molecule has 0 bridgehead atoms. The van der Waals surface area contributed by atoms with Gasteiger partial charge in [0.05, 0.1) is 11.4 Å². The van der Waals surface area contributed by atoms with Gasteiger partial charge >= 0.3 is 0 Å². The molecule has 6 heteroatoms. The van der Waals surface area contributed by atoms with E-state index < -0.39 is 0 Å². The molecule has 4 aromatic rings. The van der Waals surface area contributed by atoms with E-state index in [0.717, 1.165) is 22.1 Å². The smallest absolute Gasteiger partial charge is 0.234 e. The maximum absolute atomic E-state index is 12.2. The second-order valence-electron chi connectivity index (χ2n) is 5.71. The standard InChI is InChI=1S/C20H16N4OS/c25-19(22-17-11-10-15-6-4-5-7-16(15)12-17)13-26-20-21-14-24(23-20)18-8-2-1-3-9-18/h1-12,14H,13H2,(H,22,25). The summed E-state index contributed by atoms with van der Waals surface area (Å²) in [5, 5.41) is 10.1. The third-order valence-electron chi connectivity index (χ3n) is 3.86. The van der Waals surface area contributed by atoms with Crippen LogP contribution in [-0.4, -0.2) is 26.4 Å². The molecule has 1 aromatic heterocycles. The number of carbonyl (C=O) groups is 1. The number of carbonyl (C=O) groups excluding carboxylic acids is 1. The van der Waals surface area contributed by atoms with Crippen LogP contribution < -0.4 is 5.32 Å². The number of hydrogen-bond donors (Lipinski definition) is 1. The lowest BCUT2D eigenvalue weighted by atomic mass is 10.1. The molecule has 5 nitrogen and oxygen atoms in total. The average molecular weight is 360 g/mol. The highest BCUT2D eigenvalue weighted by Crippen LogP contribution is 2.20. The van der Waals surface area contributed by atoms with Gasteiger partial charge in [-0.05, 0) is 35.0 Å². The molecule has 0 atom stereocenters. The normalized spacial score (nSPS) is 10.8. The van der Waals surface area contributed by atoms with Gasteiger partial charge in [0.2, 0.25) is 11.1 Å². The topological polar surface area (TPSA) is 59.8 Å². The van der Waals surface area contributed by atoms with Crippen molar-refractivity contribution in [2.24, 2.45) is 0 Å². The van der Waals surface area contributed by atoms with Crippen molar-refractivity contribution in [2.45, 2.75) is 5.16 Å². The van der Waals surface area contributed by atoms with E-state index in [-0.39, 0.29) is 11.7 Å². The Kier molecular flexibility index (Phi) is 4.66. The summed E-state index contributed by atoms with van der Waals surface area (Å²) in [6.45, 7) is 0. The minimum atomic E-state index is -0.0821. The molecular formula is C20H16N4OS. The summed E-state index contributed by atoms with van der Waals surface area (Å²) in [6, 6.07) is 23.7. The summed E-state index contributed by atoms with van der Waals surface area (Å²) in [5.74, 6) is 0.173. The summed E-state index contributed by atoms with van der Waals surface area (Å²) < 4.78 is 1.70. The van der Waals surface area contributed by atoms with Gasteiger partial charge in [-0.1, -0.05) is 60.3 Å². The molecule has 0 unspecified atom stereocenters. The van der Waals surface area contributed by atoms with Crippen molar-refractivity contribution < 1.29 is 4.79 Å². The highest BCUT2D eigenvalue weighted by Gasteiger charge is 2.08. The highest BCUT2D eigenvalue weighted by atomic mass is 32.2. The molecule has 0 saturated carbocycles. The number of fused-ring (bicyclic) bond motifs is 1. The van der Waals surface area contributed by atoms with Gasteiger partial charge in [-0.25, -0.2) is 9.67 Å². The number of rotatable bonds is 5. The molecule has 0 aliphatic heterocycles. The monoisotopic (exact) mass is 360 g/mol. The van der Waals surface area contributed by atoms with Crippen molar-refractivity contribution in [3.8, 4) is 5.69 Å². The van der Waals surface area contributed by atoms with Gasteiger partial charge in [0.15, 0.2) is 0 Å². The van der Waals surface area contributed by atoms with Gasteiger partial charge in [0.25, 0.3) is 0 Å². The fraction of sp³-hybridized carbons (Fsp3) is 0.0500. The Morgan fingerprint density at radius 3 is 2.58 bits per heavy atom. The number of nitrogens with zero attached hydrogens (tertiary/aromatic N) is 3. The summed E-state index contributed by atoms with van der Waals surface area (Å²) in [7, 11) is 0. The van der Waals surface area contributed by atoms with Crippen LogP contribution in [0.5, 0.6) is 0 Å². The fourth-order valence-corrected chi connectivity index (χ4v) is 3.21. The molecule has 0 aliphatic rings. The molecule has 0 saturated heterocycles. The number of para-hydroxylation sites is 1. The fourth-order valence-electron chi connectivity index (χ4n) is 2.61. The minimum absolute atomic E-state index is 0.0821. The quantitative estimate of drug-likeness (QED) is 0.543. The molecule has 0 aliphatic carbocycles. The maximum Gasteiger partial charge on any atom is 0.234 e. The number of benzene rings is 3. The van der Waals surface area contributed by atoms with Crippen molar-refractivity contribution in [2.75, 3.05) is 11.1 Å². The van der Waals surface area contributed by atoms with Gasteiger partial charge in [0.1, 0.15) is 6.33 Å². The van der Waals surface area contributed by atoms with E-state index >= 15 is 0 Å². The molecule has 4 rings (SSSR count). The lowest BCUT2D eigenvalue weighted by Gasteiger charge is -2.05. The number of aromatic nitrogens is 3. The molecule has 26 heavy (non-hydrogen) atoms. The minimum Gasteiger partial charge on any atom is -0.325 e. The van der Waals surface area contributed by atoms with Crippen LogP contribution in [0.4, 0.5) is 5.69 Å². The number of amides is 1. The first-order valence-corrected chi connectivity index (χ1v) is 9.15. The number of hydrogen-bond acceptors (Lipinski definition) is 4. The van der Waals surface area contributed by atoms with Crippen LogP contribution in [0.3, 0.4) is 0 Å². The van der Waals surface area contributed by atoms with Gasteiger partial charge in [-0.15, -0.1) is 5.10 Å². The molecule has 1 N–H and O–H groups in total. The van der Waals surface area contributed by atoms with Crippen molar-refractivity contribution >= 4 is 34.1 Å². The van der Waals surface area contributed by atoms with Crippen LogP contribution in [-0.2, 0) is 4.79 Å². The molecule has 128 valence electrons. The van der Waals surface area contributed by atoms with Crippen LogP contribution >= 0.6 is 11.8 Å². The molecule has 0 radical (unpaired) electrons. The lowest BCUT2D eigenvalue weighted by Crippen LogP contribution is -2.14. The number of thioether (sulfide) groups is 1. The van der Waals surface area contributed by atoms with Crippen LogP contribution in [0.1, 0.15) is 0 Å². The molecule has 1 heterocycles. The van der Waals surface area contributed by atoms with Gasteiger partial charge in [0, 0.05) is 5.69 Å². The van der Waals surface area contributed by atoms with Crippen LogP contribution in [0, 0.1) is 0 Å². The van der Waals surface area contributed by atoms with Crippen LogP contribution in [0.15, 0.2) is 84.3 Å². The van der Waals surface area contributed by atoms with E-state index in [2.05, 4.69) is 15.4 Å². The van der Waals surface area contributed by atoms with Crippen molar-refractivity contribution in [3.05, 3.63) is 79.1 Å². The van der Waals surface area contributed by atoms with Crippen molar-refractivity contribution in [1.29, 1.82) is 0 Å². The first-order chi connectivity index (χ1) is 12.8. The first-order valence-electron chi connectivity index (χ1n) is 8.16. The Hall–Kier alpha value is -3.12. The third kappa shape index (κ3) is 3.75. The van der Waals surface area contributed by atoms with Crippen LogP contribution in [0.2, 0.25) is 0 Å². The van der Waals surface area contributed by atoms with E-state index in [1.165, 1.54) is 11.8 Å². The van der Waals surface area contributed by atoms with Crippen LogP contribution in [0.25, 0.3) is 16.5 Å². The Labute approximate surface area is 155 Å². The van der Waals surface area contributed by atoms with Gasteiger partial charge in [-0.2, -0.15) is 0 Å². The Bertz CT molecular complexity index is 1050. The summed E-state index contributed by atoms with van der Waals surface area (Å²) >= 11 is 1.31.